The summed E-state index contributed by atoms with van der Waals surface area (Å²) >= 11 is 0. The standard InChI is InChI=1S/C21H35N3O3/c1-5-24(17-7-9-18(10-8-17)27-6-2)19-11-14-23(15-12-21(19,3)4)20(26)22-13-16-25/h7-10,19,25H,5-6,11-16H2,1-4H3,(H,22,26). The van der Waals surface area contributed by atoms with Crippen LogP contribution in [0, 0.1) is 5.41 Å². The second kappa shape index (κ2) is 9.83. The molecule has 1 aliphatic rings. The number of ether oxygens (including phenoxy) is 1. The van der Waals surface area contributed by atoms with Gasteiger partial charge in [-0.2, -0.15) is 0 Å². The van der Waals surface area contributed by atoms with E-state index in [4.69, 9.17) is 9.84 Å². The molecule has 1 aliphatic heterocycles. The van der Waals surface area contributed by atoms with Crippen LogP contribution in [-0.2, 0) is 0 Å². The highest BCUT2D eigenvalue weighted by atomic mass is 16.5. The first-order valence-electron chi connectivity index (χ1n) is 10.1. The number of anilines is 1. The Hall–Kier alpha value is -1.95. The largest absolute Gasteiger partial charge is 0.494 e. The van der Waals surface area contributed by atoms with Gasteiger partial charge in [0.05, 0.1) is 13.2 Å². The number of benzene rings is 1. The Bertz CT molecular complexity index is 589. The summed E-state index contributed by atoms with van der Waals surface area (Å²) in [5.41, 5.74) is 1.28. The molecule has 6 nitrogen and oxygen atoms in total. The van der Waals surface area contributed by atoms with E-state index in [-0.39, 0.29) is 18.1 Å². The predicted molar refractivity (Wildman–Crippen MR) is 109 cm³/mol. The van der Waals surface area contributed by atoms with Crippen molar-refractivity contribution in [2.75, 3.05) is 44.3 Å². The van der Waals surface area contributed by atoms with Gasteiger partial charge < -0.3 is 25.0 Å². The van der Waals surface area contributed by atoms with Crippen molar-refractivity contribution in [2.45, 2.75) is 46.6 Å². The summed E-state index contributed by atoms with van der Waals surface area (Å²) in [7, 11) is 0. The van der Waals surface area contributed by atoms with Crippen molar-refractivity contribution in [3.8, 4) is 5.75 Å². The number of urea groups is 1. The van der Waals surface area contributed by atoms with E-state index in [9.17, 15) is 4.79 Å². The van der Waals surface area contributed by atoms with Crippen molar-refractivity contribution in [2.24, 2.45) is 5.41 Å². The van der Waals surface area contributed by atoms with Crippen molar-refractivity contribution in [1.82, 2.24) is 10.2 Å². The molecule has 1 fully saturated rings. The molecule has 0 aromatic heterocycles. The highest BCUT2D eigenvalue weighted by Gasteiger charge is 2.37. The maximum Gasteiger partial charge on any atom is 0.317 e. The van der Waals surface area contributed by atoms with E-state index in [1.807, 2.05) is 24.0 Å². The Morgan fingerprint density at radius 2 is 2.00 bits per heavy atom. The first kappa shape index (κ1) is 21.4. The fourth-order valence-electron chi connectivity index (χ4n) is 3.91. The summed E-state index contributed by atoms with van der Waals surface area (Å²) in [6.07, 6.45) is 1.86. The van der Waals surface area contributed by atoms with Crippen LogP contribution in [0.25, 0.3) is 0 Å². The number of rotatable bonds is 7. The topological polar surface area (TPSA) is 65.0 Å². The van der Waals surface area contributed by atoms with Gasteiger partial charge in [-0.25, -0.2) is 4.79 Å². The number of amides is 2. The lowest BCUT2D eigenvalue weighted by molar-refractivity contribution is 0.193. The van der Waals surface area contributed by atoms with Gasteiger partial charge in [-0.1, -0.05) is 13.8 Å². The summed E-state index contributed by atoms with van der Waals surface area (Å²) in [5.74, 6) is 0.893. The van der Waals surface area contributed by atoms with Gasteiger partial charge in [0.25, 0.3) is 0 Å². The van der Waals surface area contributed by atoms with Crippen LogP contribution in [-0.4, -0.2) is 61.5 Å². The number of hydrogen-bond acceptors (Lipinski definition) is 4. The average Bonchev–Trinajstić information content (AvgIpc) is 2.81. The van der Waals surface area contributed by atoms with Crippen molar-refractivity contribution in [3.05, 3.63) is 24.3 Å². The minimum atomic E-state index is -0.0791. The third-order valence-corrected chi connectivity index (χ3v) is 5.47. The molecule has 0 radical (unpaired) electrons. The molecule has 0 aliphatic carbocycles. The van der Waals surface area contributed by atoms with Crippen molar-refractivity contribution in [3.63, 3.8) is 0 Å². The van der Waals surface area contributed by atoms with E-state index >= 15 is 0 Å². The van der Waals surface area contributed by atoms with Gasteiger partial charge in [0.2, 0.25) is 0 Å². The van der Waals surface area contributed by atoms with Crippen molar-refractivity contribution in [1.29, 1.82) is 0 Å². The maximum atomic E-state index is 12.3. The van der Waals surface area contributed by atoms with Gasteiger partial charge in [0.15, 0.2) is 0 Å². The number of likely N-dealkylation sites (tertiary alicyclic amines) is 1. The lowest BCUT2D eigenvalue weighted by atomic mass is 9.79. The van der Waals surface area contributed by atoms with Gasteiger partial charge in [-0.3, -0.25) is 0 Å². The normalized spacial score (nSPS) is 19.3. The highest BCUT2D eigenvalue weighted by molar-refractivity contribution is 5.74. The zero-order valence-corrected chi connectivity index (χ0v) is 17.2. The molecule has 1 heterocycles. The van der Waals surface area contributed by atoms with E-state index in [1.165, 1.54) is 5.69 Å². The van der Waals surface area contributed by atoms with Gasteiger partial charge >= 0.3 is 6.03 Å². The Morgan fingerprint density at radius 3 is 2.59 bits per heavy atom. The molecule has 1 saturated heterocycles. The highest BCUT2D eigenvalue weighted by Crippen LogP contribution is 2.37. The van der Waals surface area contributed by atoms with Crippen LogP contribution in [0.1, 0.15) is 40.5 Å². The summed E-state index contributed by atoms with van der Waals surface area (Å²) < 4.78 is 5.57. The first-order valence-corrected chi connectivity index (χ1v) is 10.1. The molecule has 27 heavy (non-hydrogen) atoms. The van der Waals surface area contributed by atoms with Crippen LogP contribution in [0.3, 0.4) is 0 Å². The van der Waals surface area contributed by atoms with Crippen LogP contribution >= 0.6 is 0 Å². The van der Waals surface area contributed by atoms with Gasteiger partial charge in [0.1, 0.15) is 5.75 Å². The quantitative estimate of drug-likeness (QED) is 0.766. The molecule has 2 N–H and O–H groups in total. The molecule has 1 unspecified atom stereocenters. The third kappa shape index (κ3) is 5.51. The number of nitrogens with zero attached hydrogens (tertiary/aromatic N) is 2. The van der Waals surface area contributed by atoms with Crippen LogP contribution in [0.4, 0.5) is 10.5 Å². The Morgan fingerprint density at radius 1 is 1.30 bits per heavy atom. The molecule has 1 atom stereocenters. The third-order valence-electron chi connectivity index (χ3n) is 5.47. The SMILES string of the molecule is CCOc1ccc(N(CC)C2CCN(C(=O)NCCO)CCC2(C)C)cc1. The van der Waals surface area contributed by atoms with Crippen LogP contribution in [0.5, 0.6) is 5.75 Å². The second-order valence-electron chi connectivity index (χ2n) is 7.70. The molecule has 6 heteroatoms. The number of carbonyl (C=O) groups excluding carboxylic acids is 1. The minimum Gasteiger partial charge on any atom is -0.494 e. The maximum absolute atomic E-state index is 12.3. The van der Waals surface area contributed by atoms with Gasteiger partial charge in [0, 0.05) is 37.9 Å². The lowest BCUT2D eigenvalue weighted by Gasteiger charge is -2.42. The smallest absolute Gasteiger partial charge is 0.317 e. The molecule has 2 rings (SSSR count). The number of aliphatic hydroxyl groups is 1. The van der Waals surface area contributed by atoms with Crippen LogP contribution in [0.2, 0.25) is 0 Å². The summed E-state index contributed by atoms with van der Waals surface area (Å²) in [6.45, 7) is 12.1. The van der Waals surface area contributed by atoms with Gasteiger partial charge in [-0.15, -0.1) is 0 Å². The number of hydrogen-bond donors (Lipinski definition) is 2. The molecular formula is C21H35N3O3. The monoisotopic (exact) mass is 377 g/mol. The zero-order valence-electron chi connectivity index (χ0n) is 17.2. The number of aliphatic hydroxyl groups excluding tert-OH is 1. The zero-order chi connectivity index (χ0) is 19.9. The van der Waals surface area contributed by atoms with E-state index in [1.54, 1.807) is 0 Å². The second-order valence-corrected chi connectivity index (χ2v) is 7.70. The fourth-order valence-corrected chi connectivity index (χ4v) is 3.91. The molecular weight excluding hydrogens is 342 g/mol. The molecule has 1 aromatic rings. The lowest BCUT2D eigenvalue weighted by Crippen LogP contribution is -2.45. The summed E-state index contributed by atoms with van der Waals surface area (Å²) in [5, 5.41) is 11.7. The molecule has 0 bridgehead atoms. The minimum absolute atomic E-state index is 0.0327. The summed E-state index contributed by atoms with van der Waals surface area (Å²) in [6, 6.07) is 8.57. The summed E-state index contributed by atoms with van der Waals surface area (Å²) in [4.78, 5) is 16.6. The van der Waals surface area contributed by atoms with Gasteiger partial charge in [-0.05, 0) is 56.4 Å². The van der Waals surface area contributed by atoms with E-state index in [2.05, 4.69) is 43.1 Å². The first-order chi connectivity index (χ1) is 12.9. The van der Waals surface area contributed by atoms with Crippen LogP contribution < -0.4 is 15.0 Å². The average molecular weight is 378 g/mol. The van der Waals surface area contributed by atoms with E-state index in [0.717, 1.165) is 38.2 Å². The Kier molecular flexibility index (Phi) is 7.78. The fraction of sp³-hybridized carbons (Fsp3) is 0.667. The number of carbonyl (C=O) groups is 1. The van der Waals surface area contributed by atoms with E-state index < -0.39 is 0 Å². The molecule has 152 valence electrons. The molecule has 0 saturated carbocycles. The van der Waals surface area contributed by atoms with Crippen LogP contribution in [0.15, 0.2) is 24.3 Å². The Labute approximate surface area is 163 Å². The van der Waals surface area contributed by atoms with Crippen molar-refractivity contribution < 1.29 is 14.6 Å². The molecule has 1 aromatic carbocycles. The number of nitrogens with one attached hydrogen (secondary N) is 1. The predicted octanol–water partition coefficient (Wildman–Crippen LogP) is 3.10. The molecule has 2 amide bonds. The molecule has 0 spiro atoms. The van der Waals surface area contributed by atoms with E-state index in [0.29, 0.717) is 19.2 Å². The van der Waals surface area contributed by atoms with Crippen molar-refractivity contribution >= 4 is 11.7 Å². The Balaban J connectivity index is 2.14.